The summed E-state index contributed by atoms with van der Waals surface area (Å²) in [5.41, 5.74) is 1.14. The molecule has 0 heterocycles. The highest BCUT2D eigenvalue weighted by Gasteiger charge is 2.09. The summed E-state index contributed by atoms with van der Waals surface area (Å²) >= 11 is 0. The van der Waals surface area contributed by atoms with Gasteiger partial charge in [-0.15, -0.1) is 6.58 Å². The van der Waals surface area contributed by atoms with Gasteiger partial charge in [-0.2, -0.15) is 0 Å². The third-order valence-corrected chi connectivity index (χ3v) is 2.56. The second kappa shape index (κ2) is 8.87. The highest BCUT2D eigenvalue weighted by Crippen LogP contribution is 2.16. The van der Waals surface area contributed by atoms with Crippen molar-refractivity contribution >= 4 is 17.6 Å². The Kier molecular flexibility index (Phi) is 7.06. The van der Waals surface area contributed by atoms with Crippen LogP contribution in [0.25, 0.3) is 0 Å². The van der Waals surface area contributed by atoms with Gasteiger partial charge in [0.25, 0.3) is 0 Å². The normalized spacial score (nSPS) is 10.0. The maximum atomic E-state index is 11.7. The third kappa shape index (κ3) is 6.15. The van der Waals surface area contributed by atoms with Crippen LogP contribution in [0.2, 0.25) is 0 Å². The molecule has 108 valence electrons. The van der Waals surface area contributed by atoms with Gasteiger partial charge in [-0.25, -0.2) is 0 Å². The fourth-order valence-electron chi connectivity index (χ4n) is 1.67. The molecule has 0 saturated heterocycles. The Balaban J connectivity index is 2.45. The van der Waals surface area contributed by atoms with E-state index in [2.05, 4.69) is 11.9 Å². The molecule has 0 aliphatic carbocycles. The van der Waals surface area contributed by atoms with Crippen LogP contribution in [0, 0.1) is 0 Å². The first kappa shape index (κ1) is 15.9. The zero-order chi connectivity index (χ0) is 14.8. The summed E-state index contributed by atoms with van der Waals surface area (Å²) in [6.45, 7) is 4.50. The van der Waals surface area contributed by atoms with Crippen molar-refractivity contribution in [3.05, 3.63) is 42.5 Å². The quantitative estimate of drug-likeness (QED) is 0.536. The Morgan fingerprint density at radius 1 is 1.35 bits per heavy atom. The van der Waals surface area contributed by atoms with E-state index in [1.54, 1.807) is 30.3 Å². The Morgan fingerprint density at radius 3 is 2.80 bits per heavy atom. The SMILES string of the molecule is C=CCOCCCC(=O)Nc1ccccc1CC(=O)O. The van der Waals surface area contributed by atoms with E-state index in [0.717, 1.165) is 0 Å². The fraction of sp³-hybridized carbons (Fsp3) is 0.333. The molecule has 0 aliphatic heterocycles. The van der Waals surface area contributed by atoms with Crippen LogP contribution in [0.5, 0.6) is 0 Å². The molecule has 0 spiro atoms. The van der Waals surface area contributed by atoms with Crippen LogP contribution in [-0.4, -0.2) is 30.2 Å². The van der Waals surface area contributed by atoms with Gasteiger partial charge in [-0.05, 0) is 18.1 Å². The van der Waals surface area contributed by atoms with Crippen LogP contribution >= 0.6 is 0 Å². The Labute approximate surface area is 118 Å². The number of benzene rings is 1. The van der Waals surface area contributed by atoms with E-state index in [9.17, 15) is 9.59 Å². The van der Waals surface area contributed by atoms with E-state index in [1.807, 2.05) is 0 Å². The molecule has 0 aromatic heterocycles. The number of nitrogens with one attached hydrogen (secondary N) is 1. The molecule has 1 amide bonds. The van der Waals surface area contributed by atoms with Gasteiger partial charge in [0, 0.05) is 18.7 Å². The maximum absolute atomic E-state index is 11.7. The molecule has 0 unspecified atom stereocenters. The van der Waals surface area contributed by atoms with Crippen molar-refractivity contribution in [2.75, 3.05) is 18.5 Å². The van der Waals surface area contributed by atoms with Gasteiger partial charge in [-0.3, -0.25) is 9.59 Å². The van der Waals surface area contributed by atoms with Gasteiger partial charge in [0.05, 0.1) is 13.0 Å². The molecule has 0 radical (unpaired) electrons. The molecule has 0 fully saturated rings. The van der Waals surface area contributed by atoms with Gasteiger partial charge < -0.3 is 15.2 Å². The standard InChI is InChI=1S/C15H19NO4/c1-2-9-20-10-5-8-14(17)16-13-7-4-3-6-12(13)11-15(18)19/h2-4,6-7H,1,5,8-11H2,(H,16,17)(H,18,19). The largest absolute Gasteiger partial charge is 0.481 e. The number of anilines is 1. The summed E-state index contributed by atoms with van der Waals surface area (Å²) in [7, 11) is 0. The number of hydrogen-bond donors (Lipinski definition) is 2. The van der Waals surface area contributed by atoms with Crippen LogP contribution < -0.4 is 5.32 Å². The van der Waals surface area contributed by atoms with Crippen LogP contribution in [0.15, 0.2) is 36.9 Å². The number of hydrogen-bond acceptors (Lipinski definition) is 3. The molecule has 5 nitrogen and oxygen atoms in total. The fourth-order valence-corrected chi connectivity index (χ4v) is 1.67. The first-order chi connectivity index (χ1) is 9.63. The highest BCUT2D eigenvalue weighted by molar-refractivity contribution is 5.92. The van der Waals surface area contributed by atoms with Crippen LogP contribution in [0.3, 0.4) is 0 Å². The van der Waals surface area contributed by atoms with E-state index in [1.165, 1.54) is 0 Å². The van der Waals surface area contributed by atoms with Crippen molar-refractivity contribution in [1.82, 2.24) is 0 Å². The average molecular weight is 277 g/mol. The second-order valence-electron chi connectivity index (χ2n) is 4.24. The van der Waals surface area contributed by atoms with Gasteiger partial charge >= 0.3 is 5.97 Å². The number of carbonyl (C=O) groups excluding carboxylic acids is 1. The predicted octanol–water partition coefficient (Wildman–Crippen LogP) is 2.23. The van der Waals surface area contributed by atoms with Crippen LogP contribution in [0.4, 0.5) is 5.69 Å². The number of amides is 1. The number of rotatable bonds is 9. The topological polar surface area (TPSA) is 75.6 Å². The zero-order valence-electron chi connectivity index (χ0n) is 11.3. The highest BCUT2D eigenvalue weighted by atomic mass is 16.5. The summed E-state index contributed by atoms with van der Waals surface area (Å²) in [5, 5.41) is 11.5. The molecular formula is C15H19NO4. The van der Waals surface area contributed by atoms with Crippen molar-refractivity contribution in [1.29, 1.82) is 0 Å². The average Bonchev–Trinajstić information content (AvgIpc) is 2.40. The molecule has 5 heteroatoms. The monoisotopic (exact) mass is 277 g/mol. The maximum Gasteiger partial charge on any atom is 0.307 e. The molecule has 0 atom stereocenters. The lowest BCUT2D eigenvalue weighted by Crippen LogP contribution is -2.14. The van der Waals surface area contributed by atoms with E-state index >= 15 is 0 Å². The Hall–Kier alpha value is -2.14. The molecule has 1 rings (SSSR count). The van der Waals surface area contributed by atoms with E-state index in [0.29, 0.717) is 37.3 Å². The van der Waals surface area contributed by atoms with E-state index in [-0.39, 0.29) is 12.3 Å². The van der Waals surface area contributed by atoms with Gasteiger partial charge in [0.1, 0.15) is 0 Å². The summed E-state index contributed by atoms with van der Waals surface area (Å²) in [6, 6.07) is 6.90. The van der Waals surface area contributed by atoms with Crippen molar-refractivity contribution in [3.63, 3.8) is 0 Å². The minimum absolute atomic E-state index is 0.112. The van der Waals surface area contributed by atoms with Crippen molar-refractivity contribution in [2.24, 2.45) is 0 Å². The van der Waals surface area contributed by atoms with E-state index < -0.39 is 5.97 Å². The summed E-state index contributed by atoms with van der Waals surface area (Å²) in [5.74, 6) is -1.07. The number of carboxylic acid groups (broad SMARTS) is 1. The first-order valence-corrected chi connectivity index (χ1v) is 6.41. The Bertz CT molecular complexity index is 471. The molecule has 1 aromatic carbocycles. The minimum Gasteiger partial charge on any atom is -0.481 e. The summed E-state index contributed by atoms with van der Waals surface area (Å²) in [6.07, 6.45) is 2.49. The van der Waals surface area contributed by atoms with Gasteiger partial charge in [0.15, 0.2) is 0 Å². The van der Waals surface area contributed by atoms with Crippen LogP contribution in [-0.2, 0) is 20.7 Å². The number of ether oxygens (including phenoxy) is 1. The predicted molar refractivity (Wildman–Crippen MR) is 76.7 cm³/mol. The first-order valence-electron chi connectivity index (χ1n) is 6.41. The molecule has 2 N–H and O–H groups in total. The molecule has 1 aromatic rings. The molecule has 0 saturated carbocycles. The molecule has 0 aliphatic rings. The third-order valence-electron chi connectivity index (χ3n) is 2.56. The molecule has 20 heavy (non-hydrogen) atoms. The second-order valence-corrected chi connectivity index (χ2v) is 4.24. The van der Waals surface area contributed by atoms with Crippen molar-refractivity contribution in [3.8, 4) is 0 Å². The lowest BCUT2D eigenvalue weighted by atomic mass is 10.1. The summed E-state index contributed by atoms with van der Waals surface area (Å²) < 4.78 is 5.18. The number of aliphatic carboxylic acids is 1. The number of para-hydroxylation sites is 1. The zero-order valence-corrected chi connectivity index (χ0v) is 11.3. The smallest absolute Gasteiger partial charge is 0.307 e. The molecular weight excluding hydrogens is 258 g/mol. The van der Waals surface area contributed by atoms with Crippen molar-refractivity contribution < 1.29 is 19.4 Å². The lowest BCUT2D eigenvalue weighted by Gasteiger charge is -2.09. The van der Waals surface area contributed by atoms with Crippen LogP contribution in [0.1, 0.15) is 18.4 Å². The van der Waals surface area contributed by atoms with E-state index in [4.69, 9.17) is 9.84 Å². The summed E-state index contributed by atoms with van der Waals surface area (Å²) in [4.78, 5) is 22.5. The van der Waals surface area contributed by atoms with Gasteiger partial charge in [0.2, 0.25) is 5.91 Å². The number of carbonyl (C=O) groups is 2. The Morgan fingerprint density at radius 2 is 2.10 bits per heavy atom. The number of carboxylic acids is 1. The molecule has 0 bridgehead atoms. The van der Waals surface area contributed by atoms with Crippen molar-refractivity contribution in [2.45, 2.75) is 19.3 Å². The van der Waals surface area contributed by atoms with Gasteiger partial charge in [-0.1, -0.05) is 24.3 Å². The minimum atomic E-state index is -0.926. The lowest BCUT2D eigenvalue weighted by molar-refractivity contribution is -0.136.